The average molecular weight is 187 g/mol. The highest BCUT2D eigenvalue weighted by molar-refractivity contribution is 4.62. The number of aliphatic hydroxyl groups excluding tert-OH is 1. The molecule has 0 aliphatic heterocycles. The number of nitrogens with one attached hydrogen (secondary N) is 1. The van der Waals surface area contributed by atoms with E-state index in [1.54, 1.807) is 0 Å². The van der Waals surface area contributed by atoms with Crippen LogP contribution in [0.25, 0.3) is 0 Å². The van der Waals surface area contributed by atoms with Crippen LogP contribution < -0.4 is 5.32 Å². The molecule has 0 fully saturated rings. The summed E-state index contributed by atoms with van der Waals surface area (Å²) in [6.45, 7) is 7.95. The highest BCUT2D eigenvalue weighted by atomic mass is 16.3. The van der Waals surface area contributed by atoms with Crippen LogP contribution in [0.15, 0.2) is 0 Å². The van der Waals surface area contributed by atoms with E-state index in [2.05, 4.69) is 26.1 Å². The summed E-state index contributed by atoms with van der Waals surface area (Å²) >= 11 is 0. The molecule has 0 saturated carbocycles. The first-order valence-electron chi connectivity index (χ1n) is 5.58. The summed E-state index contributed by atoms with van der Waals surface area (Å²) in [4.78, 5) is 0. The molecule has 0 aliphatic rings. The van der Waals surface area contributed by atoms with Gasteiger partial charge in [-0.25, -0.2) is 0 Å². The third-order valence-electron chi connectivity index (χ3n) is 2.60. The van der Waals surface area contributed by atoms with E-state index in [1.165, 1.54) is 19.3 Å². The highest BCUT2D eigenvalue weighted by Gasteiger charge is 2.02. The summed E-state index contributed by atoms with van der Waals surface area (Å²) in [6, 6.07) is 0.685. The minimum absolute atomic E-state index is 0.324. The number of rotatable bonds is 8. The normalized spacial score (nSPS) is 13.6. The van der Waals surface area contributed by atoms with Gasteiger partial charge in [-0.15, -0.1) is 0 Å². The second-order valence-corrected chi connectivity index (χ2v) is 3.90. The Kier molecular flexibility index (Phi) is 8.46. The molecular formula is C11H25NO. The van der Waals surface area contributed by atoms with Crippen molar-refractivity contribution in [2.24, 2.45) is 5.92 Å². The van der Waals surface area contributed by atoms with Crippen molar-refractivity contribution in [3.63, 3.8) is 0 Å². The molecule has 0 saturated heterocycles. The third-order valence-corrected chi connectivity index (χ3v) is 2.60. The Labute approximate surface area is 82.7 Å². The molecule has 0 aromatic carbocycles. The number of aliphatic hydroxyl groups is 1. The highest BCUT2D eigenvalue weighted by Crippen LogP contribution is 2.03. The van der Waals surface area contributed by atoms with Crippen LogP contribution in [-0.2, 0) is 0 Å². The quantitative estimate of drug-likeness (QED) is 0.571. The first kappa shape index (κ1) is 12.9. The fourth-order valence-corrected chi connectivity index (χ4v) is 1.43. The molecule has 0 aromatic heterocycles. The van der Waals surface area contributed by atoms with E-state index in [0.29, 0.717) is 18.6 Å². The van der Waals surface area contributed by atoms with Crippen LogP contribution in [0.1, 0.15) is 46.5 Å². The minimum atomic E-state index is 0.324. The van der Waals surface area contributed by atoms with Gasteiger partial charge in [0.25, 0.3) is 0 Å². The van der Waals surface area contributed by atoms with Gasteiger partial charge in [-0.05, 0) is 38.1 Å². The van der Waals surface area contributed by atoms with E-state index in [4.69, 9.17) is 5.11 Å². The van der Waals surface area contributed by atoms with Crippen LogP contribution in [0.5, 0.6) is 0 Å². The molecule has 2 N–H and O–H groups in total. The van der Waals surface area contributed by atoms with Crippen molar-refractivity contribution < 1.29 is 5.11 Å². The van der Waals surface area contributed by atoms with Crippen molar-refractivity contribution in [3.8, 4) is 0 Å². The van der Waals surface area contributed by atoms with Crippen molar-refractivity contribution in [2.45, 2.75) is 52.5 Å². The van der Waals surface area contributed by atoms with Crippen molar-refractivity contribution in [3.05, 3.63) is 0 Å². The van der Waals surface area contributed by atoms with Crippen LogP contribution in [0, 0.1) is 5.92 Å². The zero-order valence-corrected chi connectivity index (χ0v) is 9.34. The second-order valence-electron chi connectivity index (χ2n) is 3.90. The Balaban J connectivity index is 3.23. The molecule has 13 heavy (non-hydrogen) atoms. The molecule has 0 heterocycles. The van der Waals surface area contributed by atoms with Crippen LogP contribution in [0.4, 0.5) is 0 Å². The summed E-state index contributed by atoms with van der Waals surface area (Å²) < 4.78 is 0. The summed E-state index contributed by atoms with van der Waals surface area (Å²) in [5.41, 5.74) is 0. The van der Waals surface area contributed by atoms with Crippen molar-refractivity contribution in [2.75, 3.05) is 13.2 Å². The van der Waals surface area contributed by atoms with Gasteiger partial charge in [0, 0.05) is 12.6 Å². The molecule has 0 aromatic rings. The van der Waals surface area contributed by atoms with E-state index in [0.717, 1.165) is 13.0 Å². The van der Waals surface area contributed by atoms with E-state index in [9.17, 15) is 0 Å². The molecule has 0 amide bonds. The summed E-state index contributed by atoms with van der Waals surface area (Å²) in [5, 5.41) is 12.3. The lowest BCUT2D eigenvalue weighted by atomic mass is 10.1. The Hall–Kier alpha value is -0.0800. The molecule has 0 aliphatic carbocycles. The summed E-state index contributed by atoms with van der Waals surface area (Å²) in [5.74, 6) is 0.462. The van der Waals surface area contributed by atoms with Crippen LogP contribution in [-0.4, -0.2) is 24.3 Å². The number of hydrogen-bond acceptors (Lipinski definition) is 2. The van der Waals surface area contributed by atoms with Gasteiger partial charge in [0.15, 0.2) is 0 Å². The summed E-state index contributed by atoms with van der Waals surface area (Å²) in [7, 11) is 0. The zero-order valence-electron chi connectivity index (χ0n) is 9.34. The molecule has 0 bridgehead atoms. The van der Waals surface area contributed by atoms with Gasteiger partial charge in [0.05, 0.1) is 0 Å². The van der Waals surface area contributed by atoms with E-state index >= 15 is 0 Å². The first-order valence-corrected chi connectivity index (χ1v) is 5.58. The topological polar surface area (TPSA) is 32.3 Å². The van der Waals surface area contributed by atoms with Crippen LogP contribution in [0.3, 0.4) is 0 Å². The predicted octanol–water partition coefficient (Wildman–Crippen LogP) is 2.17. The maximum Gasteiger partial charge on any atom is 0.0456 e. The van der Waals surface area contributed by atoms with Gasteiger partial charge in [-0.1, -0.05) is 20.8 Å². The van der Waals surface area contributed by atoms with Crippen molar-refractivity contribution >= 4 is 0 Å². The molecule has 1 atom stereocenters. The van der Waals surface area contributed by atoms with E-state index in [-0.39, 0.29) is 0 Å². The van der Waals surface area contributed by atoms with Gasteiger partial charge in [0.1, 0.15) is 0 Å². The molecule has 0 radical (unpaired) electrons. The smallest absolute Gasteiger partial charge is 0.0456 e. The molecule has 2 nitrogen and oxygen atoms in total. The maximum atomic E-state index is 8.82. The molecule has 0 spiro atoms. The Bertz CT molecular complexity index is 102. The van der Waals surface area contributed by atoms with E-state index < -0.39 is 0 Å². The Morgan fingerprint density at radius 3 is 2.31 bits per heavy atom. The Morgan fingerprint density at radius 2 is 1.85 bits per heavy atom. The van der Waals surface area contributed by atoms with Crippen LogP contribution in [0.2, 0.25) is 0 Å². The monoisotopic (exact) mass is 187 g/mol. The zero-order chi connectivity index (χ0) is 10.1. The fraction of sp³-hybridized carbons (Fsp3) is 1.00. The fourth-order valence-electron chi connectivity index (χ4n) is 1.43. The largest absolute Gasteiger partial charge is 0.396 e. The second kappa shape index (κ2) is 8.52. The average Bonchev–Trinajstić information content (AvgIpc) is 2.18. The van der Waals surface area contributed by atoms with Gasteiger partial charge < -0.3 is 10.4 Å². The van der Waals surface area contributed by atoms with Crippen molar-refractivity contribution in [1.29, 1.82) is 0 Å². The molecule has 1 unspecified atom stereocenters. The van der Waals surface area contributed by atoms with Gasteiger partial charge in [-0.2, -0.15) is 0 Å². The lowest BCUT2D eigenvalue weighted by Crippen LogP contribution is -2.28. The van der Waals surface area contributed by atoms with Gasteiger partial charge >= 0.3 is 0 Å². The Morgan fingerprint density at radius 1 is 1.23 bits per heavy atom. The lowest BCUT2D eigenvalue weighted by Gasteiger charge is -2.15. The van der Waals surface area contributed by atoms with Crippen molar-refractivity contribution in [1.82, 2.24) is 5.32 Å². The molecule has 0 rings (SSSR count). The molecular weight excluding hydrogens is 162 g/mol. The number of hydrogen-bond donors (Lipinski definition) is 2. The van der Waals surface area contributed by atoms with E-state index in [1.807, 2.05) is 0 Å². The first-order chi connectivity index (χ1) is 6.24. The maximum absolute atomic E-state index is 8.82. The SMILES string of the molecule is CCC(CC)NCCCC(C)CO. The summed E-state index contributed by atoms with van der Waals surface area (Å²) in [6.07, 6.45) is 4.74. The van der Waals surface area contributed by atoms with Crippen LogP contribution >= 0.6 is 0 Å². The molecule has 2 heteroatoms. The standard InChI is InChI=1S/C11H25NO/c1-4-11(5-2)12-8-6-7-10(3)9-13/h10-13H,4-9H2,1-3H3. The lowest BCUT2D eigenvalue weighted by molar-refractivity contribution is 0.227. The molecule has 80 valence electrons. The minimum Gasteiger partial charge on any atom is -0.396 e. The van der Waals surface area contributed by atoms with Gasteiger partial charge in [-0.3, -0.25) is 0 Å². The van der Waals surface area contributed by atoms with Gasteiger partial charge in [0.2, 0.25) is 0 Å². The predicted molar refractivity (Wildman–Crippen MR) is 57.9 cm³/mol. The third kappa shape index (κ3) is 7.03.